The molecule has 72 aliphatic carbocycles. The Labute approximate surface area is 557 Å². The van der Waals surface area contributed by atoms with Crippen LogP contribution in [0.4, 0.5) is 0 Å². The molecular formula is C92H37NOY-2. The molecule has 0 bridgehead atoms. The fraction of sp³-hybridized carbons (Fsp3) is 0.870. The van der Waals surface area contributed by atoms with Gasteiger partial charge in [-0.25, -0.2) is 0 Å². The van der Waals surface area contributed by atoms with E-state index in [-0.39, 0.29) is 54.3 Å². The molecule has 64 unspecified atom stereocenters. The molecule has 1 radical (unpaired) electrons. The van der Waals surface area contributed by atoms with Crippen molar-refractivity contribution in [1.82, 2.24) is 0 Å². The number of rotatable bonds is 0. The van der Waals surface area contributed by atoms with Crippen LogP contribution in [0.3, 0.4) is 0 Å². The van der Waals surface area contributed by atoms with Crippen molar-refractivity contribution in [3.63, 3.8) is 0 Å². The van der Waals surface area contributed by atoms with E-state index in [2.05, 4.69) is 24.8 Å². The van der Waals surface area contributed by atoms with Crippen molar-refractivity contribution in [2.45, 2.75) is 47.5 Å². The van der Waals surface area contributed by atoms with Crippen LogP contribution in [0.1, 0.15) is 46.1 Å². The quantitative estimate of drug-likeness (QED) is 0.211. The van der Waals surface area contributed by atoms with Crippen LogP contribution < -0.4 is 5.73 Å². The van der Waals surface area contributed by atoms with Gasteiger partial charge in [0.25, 0.3) is 0 Å². The zero-order valence-corrected chi connectivity index (χ0v) is 52.0. The molecule has 0 aliphatic heterocycles. The van der Waals surface area contributed by atoms with Crippen LogP contribution in [-0.4, -0.2) is 11.8 Å². The molecule has 64 atom stereocenters. The second-order valence-electron chi connectivity index (χ2n) is 58.0. The summed E-state index contributed by atoms with van der Waals surface area (Å²) in [7, 11) is 0. The molecule has 0 amide bonds. The molecule has 74 rings (SSSR count). The molecule has 2 aromatic rings. The molecule has 72 aliphatic rings. The average Bonchev–Trinajstić information content (AvgIpc) is 1.10. The van der Waals surface area contributed by atoms with Gasteiger partial charge in [0.15, 0.2) is 0 Å². The topological polar surface area (TPSA) is 46.2 Å². The van der Waals surface area contributed by atoms with E-state index in [0.717, 1.165) is 0 Å². The Bertz CT molecular complexity index is 7190. The fourth-order valence-corrected chi connectivity index (χ4v) is 93.8. The van der Waals surface area contributed by atoms with E-state index in [1.165, 1.54) is 397 Å². The molecule has 2 nitrogen and oxygen atoms in total. The second kappa shape index (κ2) is 4.16. The number of aryl methyl sites for hydroxylation is 1. The minimum Gasteiger partial charge on any atom is -0.382 e. The van der Waals surface area contributed by atoms with Crippen molar-refractivity contribution < 1.29 is 37.8 Å². The number of nitrogens with two attached hydrogens (primary N) is 1. The Morgan fingerprint density at radius 2 is 0.421 bits per heavy atom. The van der Waals surface area contributed by atoms with E-state index in [9.17, 15) is 0 Å². The van der Waals surface area contributed by atoms with Crippen molar-refractivity contribution in [3.05, 3.63) is 213 Å². The first-order valence-electron chi connectivity index (χ1n) is 42.8. The Hall–Kier alpha value is -0.536. The van der Waals surface area contributed by atoms with E-state index in [0.29, 0.717) is 0 Å². The summed E-state index contributed by atoms with van der Waals surface area (Å²) in [6, 6.07) is 23.3. The molecule has 0 saturated heterocycles. The minimum atomic E-state index is -0.250. The third kappa shape index (κ3) is 0.638. The maximum atomic E-state index is 7.35. The first kappa shape index (κ1) is 32.0. The minimum absolute atomic E-state index is 0. The molecule has 72 fully saturated rings. The van der Waals surface area contributed by atoms with Crippen molar-refractivity contribution in [2.75, 3.05) is 6.73 Å². The largest absolute Gasteiger partial charge is 0.382 e. The Balaban J connectivity index is 0.0000000646. The van der Waals surface area contributed by atoms with Crippen LogP contribution in [0.5, 0.6) is 0 Å². The Kier molecular flexibility index (Phi) is 1.40. The number of hydrogen-bond acceptors (Lipinski definition) is 2. The van der Waals surface area contributed by atoms with Gasteiger partial charge >= 0.3 is 0 Å². The first-order chi connectivity index (χ1) is 45.7. The molecule has 72 saturated carbocycles. The maximum absolute atomic E-state index is 7.35. The summed E-state index contributed by atoms with van der Waals surface area (Å²) in [4.78, 5) is 0. The fourth-order valence-electron chi connectivity index (χ4n) is 93.8. The molecule has 2 aromatic carbocycles. The van der Waals surface area contributed by atoms with Crippen LogP contribution in [-0.2, 0) is 32.7 Å². The van der Waals surface area contributed by atoms with Gasteiger partial charge in [0.2, 0.25) is 0 Å². The second-order valence-corrected chi connectivity index (χ2v) is 58.0. The summed E-state index contributed by atoms with van der Waals surface area (Å²) in [6.45, 7) is 1.81. The van der Waals surface area contributed by atoms with Crippen LogP contribution in [0.25, 0.3) is 0 Å². The molecule has 68 spiro atoms. The smallest absolute Gasteiger partial charge is 0.0906 e. The van der Waals surface area contributed by atoms with Crippen molar-refractivity contribution in [1.29, 1.82) is 0 Å². The van der Waals surface area contributed by atoms with E-state index in [1.807, 2.05) is 54.6 Å². The maximum Gasteiger partial charge on any atom is 0.0906 e. The van der Waals surface area contributed by atoms with Crippen LogP contribution >= 0.6 is 0 Å². The number of hydrogen-bond donors (Lipinski definition) is 2. The monoisotopic (exact) mass is 1260 g/mol. The van der Waals surface area contributed by atoms with Gasteiger partial charge in [0.1, 0.15) is 0 Å². The molecule has 3 heteroatoms. The van der Waals surface area contributed by atoms with Crippen LogP contribution in [0.15, 0.2) is 54.6 Å². The zero-order valence-electron chi connectivity index (χ0n) is 49.1. The average molecular weight is 1260 g/mol. The van der Waals surface area contributed by atoms with E-state index in [1.54, 1.807) is 25.7 Å². The van der Waals surface area contributed by atoms with Gasteiger partial charge in [-0.15, -0.1) is 0 Å². The zero-order chi connectivity index (χ0) is 51.2. The third-order valence-electron chi connectivity index (χ3n) is 77.4. The van der Waals surface area contributed by atoms with Crippen molar-refractivity contribution in [2.24, 2.45) is 257 Å². The summed E-state index contributed by atoms with van der Waals surface area (Å²) < 4.78 is 0. The molecule has 421 valence electrons. The molecule has 0 aromatic heterocycles. The number of benzene rings is 2. The summed E-state index contributed by atoms with van der Waals surface area (Å²) in [5.74, 6) is 5.56. The van der Waals surface area contributed by atoms with Crippen LogP contribution in [0.2, 0.25) is 0 Å². The summed E-state index contributed by atoms with van der Waals surface area (Å²) >= 11 is 0. The Morgan fingerprint density at radius 3 is 0.526 bits per heavy atom. The number of aliphatic hydroxyl groups excluding tert-OH is 1. The molecule has 95 heavy (non-hydrogen) atoms. The van der Waals surface area contributed by atoms with E-state index in [4.69, 9.17) is 5.11 Å². The van der Waals surface area contributed by atoms with Gasteiger partial charge in [-0.1, -0.05) is 21.8 Å². The third-order valence-corrected chi connectivity index (χ3v) is 77.4. The van der Waals surface area contributed by atoms with Crippen molar-refractivity contribution >= 4 is 0 Å². The molecule has 0 heterocycles. The Morgan fingerprint density at radius 1 is 0.274 bits per heavy atom. The van der Waals surface area contributed by atoms with Gasteiger partial charge < -0.3 is 10.8 Å². The predicted octanol–water partition coefficient (Wildman–Crippen LogP) is 7.61. The summed E-state index contributed by atoms with van der Waals surface area (Å²) in [5.41, 5.74) is 89.4. The standard InChI is InChI=1S/2C38H6.C7H7.C6H5.CH5NO.2CH4.Y/c2*1-3-5(1)7(3)9(5)11(7)13(9)15(11)17(13)19(15)21(17)23(19)25(21)27(23)29(25)31(27)33(29)35(31)37(33)36-32-28-24-20-16-12-8-4-2-6(4,8)10(8,12)14(12,16)18(16,20)22(20,24)26(24,28)30(28,32)34(32,36)38(35,36)37;1-7-5-3-2-4-6-7;1-2-4-6-5-3-1;2-1-3;;;/h2*3-4H,1-2H2;3-6H,1H3;1-5H;3H,1-2H2;2*1H4;/q;;2*-1;;;;. The van der Waals surface area contributed by atoms with Gasteiger partial charge in [-0.05, 0) is 418 Å². The van der Waals surface area contributed by atoms with Gasteiger partial charge in [-0.2, -0.15) is 72.3 Å². The normalized spacial score (nSPS) is 144. The molecular weight excluding hydrogens is 1220 g/mol. The first-order valence-corrected chi connectivity index (χ1v) is 42.8. The van der Waals surface area contributed by atoms with Gasteiger partial charge in [0, 0.05) is 32.7 Å². The number of aliphatic hydroxyl groups is 1. The SMILES string of the molecule is C.C.C1C2C13C21C32C13C21C32C13C21C32C13C21C32C13C21C32C13C21C24C56C78C9%10C%11%12C%13%14C%15%16C%17%18C%19CC%19%17C%18%15C%16%13C%14%11C%129C%107C85C62C341.C1C2C13C21C32C13C21C32C13C21C32C13C21C32C13C21C32C13C21C24C56C78C9%10C%11%12C%13%14C%15%16C%17%18C%19CC%19%17C%18%15C%16%13C%14%11C%129C%107C85C62C341.Cc1cc[c-]cc1.NCO.[Y].[c-]1ccccc1. The van der Waals surface area contributed by atoms with Crippen LogP contribution in [0, 0.1) is 411 Å². The summed E-state index contributed by atoms with van der Waals surface area (Å²) in [5, 5.41) is 7.35. The van der Waals surface area contributed by atoms with Gasteiger partial charge in [0.05, 0.1) is 6.73 Å². The van der Waals surface area contributed by atoms with Gasteiger partial charge in [-0.3, -0.25) is 0 Å². The molecule has 3 N–H and O–H groups in total. The van der Waals surface area contributed by atoms with E-state index < -0.39 is 0 Å². The summed E-state index contributed by atoms with van der Waals surface area (Å²) in [6.07, 6.45) is 7.10. The van der Waals surface area contributed by atoms with Crippen molar-refractivity contribution in [3.8, 4) is 0 Å². The van der Waals surface area contributed by atoms with E-state index >= 15 is 0 Å². The predicted molar refractivity (Wildman–Crippen MR) is 299 cm³/mol.